The number of para-hydroxylation sites is 2. The molecule has 0 aliphatic carbocycles. The van der Waals surface area contributed by atoms with Crippen molar-refractivity contribution in [2.45, 2.75) is 0 Å². The predicted octanol–water partition coefficient (Wildman–Crippen LogP) is 12.0. The van der Waals surface area contributed by atoms with Crippen molar-refractivity contribution in [1.82, 2.24) is 9.13 Å². The average Bonchev–Trinajstić information content (AvgIpc) is 3.62. The zero-order valence-corrected chi connectivity index (χ0v) is 25.3. The largest absolute Gasteiger partial charge is 0.316 e. The minimum absolute atomic E-state index is 1.12. The van der Waals surface area contributed by atoms with Crippen molar-refractivity contribution >= 4 is 72.7 Å². The molecule has 0 spiro atoms. The van der Waals surface area contributed by atoms with Crippen LogP contribution >= 0.6 is 0 Å². The average molecular weight is 587 g/mol. The summed E-state index contributed by atoms with van der Waals surface area (Å²) >= 11 is 0. The van der Waals surface area contributed by atoms with Crippen LogP contribution in [-0.2, 0) is 0 Å². The smallest absolute Gasteiger partial charge is 0.0541 e. The lowest BCUT2D eigenvalue weighted by Gasteiger charge is -2.12. The molecule has 0 amide bonds. The van der Waals surface area contributed by atoms with Crippen molar-refractivity contribution < 1.29 is 0 Å². The zero-order valence-electron chi connectivity index (χ0n) is 25.3. The summed E-state index contributed by atoms with van der Waals surface area (Å²) in [7, 11) is 0. The summed E-state index contributed by atoms with van der Waals surface area (Å²) in [4.78, 5) is 0. The van der Waals surface area contributed by atoms with E-state index in [0.29, 0.717) is 0 Å². The standard InChI is InChI=1S/C44H30N2/c1-2-30-12-3-4-13-31(30)26-27-45-40-19-9-7-17-36(40)38-28-33(22-24-41(38)45)34-23-25-44-39(29-34)37-18-8-10-20-43(37)46(44)42-21-11-15-32-14-5-6-16-35(32)42/h2-29H,1H2/b27-26-. The van der Waals surface area contributed by atoms with E-state index in [4.69, 9.17) is 0 Å². The van der Waals surface area contributed by atoms with E-state index in [-0.39, 0.29) is 0 Å². The van der Waals surface area contributed by atoms with Crippen LogP contribution in [0.4, 0.5) is 0 Å². The Hall–Kier alpha value is -6.12. The Labute approximate surface area is 267 Å². The molecular weight excluding hydrogens is 556 g/mol. The fourth-order valence-corrected chi connectivity index (χ4v) is 7.16. The lowest BCUT2D eigenvalue weighted by molar-refractivity contribution is 1.20. The van der Waals surface area contributed by atoms with Gasteiger partial charge in [0.15, 0.2) is 0 Å². The van der Waals surface area contributed by atoms with Gasteiger partial charge in [-0.1, -0.05) is 122 Å². The summed E-state index contributed by atoms with van der Waals surface area (Å²) in [5.74, 6) is 0. The van der Waals surface area contributed by atoms with Crippen molar-refractivity contribution in [2.75, 3.05) is 0 Å². The molecule has 2 aromatic heterocycles. The third kappa shape index (κ3) is 4.04. The zero-order chi connectivity index (χ0) is 30.6. The molecule has 0 saturated carbocycles. The number of hydrogen-bond acceptors (Lipinski definition) is 0. The lowest BCUT2D eigenvalue weighted by atomic mass is 10.0. The molecule has 7 aromatic carbocycles. The highest BCUT2D eigenvalue weighted by Crippen LogP contribution is 2.38. The van der Waals surface area contributed by atoms with E-state index in [1.165, 1.54) is 71.2 Å². The van der Waals surface area contributed by atoms with Crippen LogP contribution in [0.3, 0.4) is 0 Å². The topological polar surface area (TPSA) is 9.86 Å². The van der Waals surface area contributed by atoms with Gasteiger partial charge < -0.3 is 9.13 Å². The van der Waals surface area contributed by atoms with Crippen molar-refractivity contribution in [3.05, 3.63) is 169 Å². The monoisotopic (exact) mass is 586 g/mol. The van der Waals surface area contributed by atoms with Crippen molar-refractivity contribution in [3.63, 3.8) is 0 Å². The van der Waals surface area contributed by atoms with Crippen LogP contribution in [0.2, 0.25) is 0 Å². The van der Waals surface area contributed by atoms with Crippen LogP contribution in [0, 0.1) is 0 Å². The van der Waals surface area contributed by atoms with Crippen LogP contribution in [0.5, 0.6) is 0 Å². The maximum atomic E-state index is 4.00. The Morgan fingerprint density at radius 1 is 0.435 bits per heavy atom. The van der Waals surface area contributed by atoms with E-state index in [9.17, 15) is 0 Å². The van der Waals surface area contributed by atoms with E-state index in [2.05, 4.69) is 180 Å². The Kier molecular flexibility index (Phi) is 6.00. The van der Waals surface area contributed by atoms with E-state index in [0.717, 1.165) is 11.1 Å². The molecule has 2 heterocycles. The fraction of sp³-hybridized carbons (Fsp3) is 0. The second-order valence-electron chi connectivity index (χ2n) is 11.9. The number of hydrogen-bond donors (Lipinski definition) is 0. The first-order valence-corrected chi connectivity index (χ1v) is 15.7. The molecule has 0 atom stereocenters. The van der Waals surface area contributed by atoms with Crippen LogP contribution in [0.15, 0.2) is 158 Å². The van der Waals surface area contributed by atoms with Crippen molar-refractivity contribution in [3.8, 4) is 16.8 Å². The highest BCUT2D eigenvalue weighted by atomic mass is 15.0. The minimum Gasteiger partial charge on any atom is -0.316 e. The molecule has 9 rings (SSSR count). The Morgan fingerprint density at radius 2 is 0.978 bits per heavy atom. The first kappa shape index (κ1) is 26.3. The van der Waals surface area contributed by atoms with Crippen LogP contribution in [-0.4, -0.2) is 9.13 Å². The van der Waals surface area contributed by atoms with Gasteiger partial charge in [0.2, 0.25) is 0 Å². The number of nitrogens with zero attached hydrogens (tertiary/aromatic N) is 2. The summed E-state index contributed by atoms with van der Waals surface area (Å²) in [6.45, 7) is 4.00. The second kappa shape index (κ2) is 10.5. The summed E-state index contributed by atoms with van der Waals surface area (Å²) in [5.41, 5.74) is 10.7. The number of fused-ring (bicyclic) bond motifs is 7. The lowest BCUT2D eigenvalue weighted by Crippen LogP contribution is -1.95. The van der Waals surface area contributed by atoms with Gasteiger partial charge >= 0.3 is 0 Å². The molecule has 2 heteroatoms. The highest BCUT2D eigenvalue weighted by molar-refractivity contribution is 6.13. The fourth-order valence-electron chi connectivity index (χ4n) is 7.16. The quantitative estimate of drug-likeness (QED) is 0.190. The normalized spacial score (nSPS) is 11.9. The van der Waals surface area contributed by atoms with Gasteiger partial charge in [-0.15, -0.1) is 0 Å². The number of rotatable bonds is 5. The first-order chi connectivity index (χ1) is 22.8. The molecule has 0 aliphatic rings. The Balaban J connectivity index is 1.22. The molecule has 0 N–H and O–H groups in total. The third-order valence-corrected chi connectivity index (χ3v) is 9.34. The van der Waals surface area contributed by atoms with E-state index in [1.807, 2.05) is 6.08 Å². The Morgan fingerprint density at radius 3 is 1.76 bits per heavy atom. The molecule has 2 nitrogen and oxygen atoms in total. The van der Waals surface area contributed by atoms with Gasteiger partial charge in [0.1, 0.15) is 0 Å². The SMILES string of the molecule is C=Cc1ccccc1/C=C\n1c2ccccc2c2cc(-c3ccc4c(c3)c3ccccc3n4-c3cccc4ccccc34)ccc21. The van der Waals surface area contributed by atoms with Crippen molar-refractivity contribution in [2.24, 2.45) is 0 Å². The molecule has 0 unspecified atom stereocenters. The molecule has 0 bridgehead atoms. The van der Waals surface area contributed by atoms with E-state index >= 15 is 0 Å². The van der Waals surface area contributed by atoms with E-state index < -0.39 is 0 Å². The summed E-state index contributed by atoms with van der Waals surface area (Å²) in [5, 5.41) is 7.50. The van der Waals surface area contributed by atoms with Crippen molar-refractivity contribution in [1.29, 1.82) is 0 Å². The maximum Gasteiger partial charge on any atom is 0.0541 e. The third-order valence-electron chi connectivity index (χ3n) is 9.34. The van der Waals surface area contributed by atoms with Gasteiger partial charge in [-0.05, 0) is 76.2 Å². The maximum absolute atomic E-state index is 4.00. The highest BCUT2D eigenvalue weighted by Gasteiger charge is 2.16. The summed E-state index contributed by atoms with van der Waals surface area (Å²) in [6.07, 6.45) is 6.27. The number of aromatic nitrogens is 2. The van der Waals surface area contributed by atoms with Crippen LogP contribution < -0.4 is 0 Å². The van der Waals surface area contributed by atoms with Crippen LogP contribution in [0.25, 0.3) is 89.6 Å². The molecule has 0 saturated heterocycles. The van der Waals surface area contributed by atoms with Gasteiger partial charge in [0.25, 0.3) is 0 Å². The molecular formula is C44H30N2. The van der Waals surface area contributed by atoms with Gasteiger partial charge in [0.05, 0.1) is 27.8 Å². The molecule has 46 heavy (non-hydrogen) atoms. The second-order valence-corrected chi connectivity index (χ2v) is 11.9. The minimum atomic E-state index is 1.12. The van der Waals surface area contributed by atoms with Gasteiger partial charge in [-0.25, -0.2) is 0 Å². The molecule has 216 valence electrons. The van der Waals surface area contributed by atoms with E-state index in [1.54, 1.807) is 0 Å². The van der Waals surface area contributed by atoms with Gasteiger partial charge in [0, 0.05) is 33.1 Å². The molecule has 0 aliphatic heterocycles. The summed E-state index contributed by atoms with van der Waals surface area (Å²) < 4.78 is 4.72. The Bertz CT molecular complexity index is 2660. The predicted molar refractivity (Wildman–Crippen MR) is 198 cm³/mol. The summed E-state index contributed by atoms with van der Waals surface area (Å²) in [6, 6.07) is 54.8. The number of benzene rings is 7. The van der Waals surface area contributed by atoms with Crippen LogP contribution in [0.1, 0.15) is 11.1 Å². The molecule has 0 fully saturated rings. The first-order valence-electron chi connectivity index (χ1n) is 15.7. The molecule has 0 radical (unpaired) electrons. The molecule has 9 aromatic rings. The van der Waals surface area contributed by atoms with Gasteiger partial charge in [-0.3, -0.25) is 0 Å². The van der Waals surface area contributed by atoms with Gasteiger partial charge in [-0.2, -0.15) is 0 Å².